The highest BCUT2D eigenvalue weighted by Crippen LogP contribution is 2.32. The number of H-pyrrole nitrogens is 1. The van der Waals surface area contributed by atoms with E-state index in [9.17, 15) is 4.79 Å². The maximum absolute atomic E-state index is 12.2. The Hall–Kier alpha value is -3.81. The number of anilines is 1. The zero-order chi connectivity index (χ0) is 27.3. The van der Waals surface area contributed by atoms with Gasteiger partial charge in [-0.1, -0.05) is 35.9 Å². The fourth-order valence-corrected chi connectivity index (χ4v) is 4.72. The Kier molecular flexibility index (Phi) is 10.8. The SMILES string of the molecule is CNC(=O)c1ccccc1Sc1ccc2c(C#Cc3cccc(NCCOCCOCCOC)c3)n[nH]c2c1. The molecule has 9 heteroatoms. The highest BCUT2D eigenvalue weighted by Gasteiger charge is 2.11. The van der Waals surface area contributed by atoms with Crippen LogP contribution in [0.25, 0.3) is 10.9 Å². The van der Waals surface area contributed by atoms with Crippen LogP contribution in [-0.4, -0.2) is 69.8 Å². The van der Waals surface area contributed by atoms with E-state index in [-0.39, 0.29) is 5.91 Å². The van der Waals surface area contributed by atoms with Gasteiger partial charge in [0, 0.05) is 47.1 Å². The van der Waals surface area contributed by atoms with Gasteiger partial charge in [-0.25, -0.2) is 0 Å². The van der Waals surface area contributed by atoms with E-state index in [2.05, 4.69) is 32.7 Å². The first-order valence-corrected chi connectivity index (χ1v) is 13.5. The molecule has 0 unspecified atom stereocenters. The summed E-state index contributed by atoms with van der Waals surface area (Å²) < 4.78 is 15.9. The van der Waals surface area contributed by atoms with E-state index in [1.807, 2.05) is 66.7 Å². The monoisotopic (exact) mass is 544 g/mol. The van der Waals surface area contributed by atoms with Crippen molar-refractivity contribution in [1.82, 2.24) is 15.5 Å². The first-order chi connectivity index (χ1) is 19.2. The number of fused-ring (bicyclic) bond motifs is 1. The number of methoxy groups -OCH3 is 1. The van der Waals surface area contributed by atoms with Gasteiger partial charge in [0.15, 0.2) is 0 Å². The largest absolute Gasteiger partial charge is 0.383 e. The summed E-state index contributed by atoms with van der Waals surface area (Å²) in [7, 11) is 3.29. The number of carbonyl (C=O) groups excluding carboxylic acids is 1. The molecule has 0 bridgehead atoms. The lowest BCUT2D eigenvalue weighted by molar-refractivity contribution is 0.0272. The number of aromatic nitrogens is 2. The number of nitrogens with one attached hydrogen (secondary N) is 3. The zero-order valence-corrected chi connectivity index (χ0v) is 22.9. The number of hydrogen-bond acceptors (Lipinski definition) is 7. The topological polar surface area (TPSA) is 97.5 Å². The molecule has 0 aliphatic rings. The van der Waals surface area contributed by atoms with Gasteiger partial charge >= 0.3 is 0 Å². The minimum Gasteiger partial charge on any atom is -0.383 e. The molecule has 1 amide bonds. The average Bonchev–Trinajstić information content (AvgIpc) is 3.37. The summed E-state index contributed by atoms with van der Waals surface area (Å²) in [6, 6.07) is 21.6. The van der Waals surface area contributed by atoms with Crippen LogP contribution in [0.5, 0.6) is 0 Å². The lowest BCUT2D eigenvalue weighted by atomic mass is 10.1. The van der Waals surface area contributed by atoms with Crippen molar-refractivity contribution in [3.8, 4) is 11.8 Å². The Balaban J connectivity index is 1.34. The van der Waals surface area contributed by atoms with Crippen LogP contribution in [0, 0.1) is 11.8 Å². The van der Waals surface area contributed by atoms with Crippen molar-refractivity contribution < 1.29 is 19.0 Å². The second kappa shape index (κ2) is 15.0. The Morgan fingerprint density at radius 2 is 1.77 bits per heavy atom. The van der Waals surface area contributed by atoms with Gasteiger partial charge in [-0.15, -0.1) is 0 Å². The molecule has 0 aliphatic heterocycles. The predicted molar refractivity (Wildman–Crippen MR) is 154 cm³/mol. The first kappa shape index (κ1) is 28.2. The molecule has 0 saturated heterocycles. The van der Waals surface area contributed by atoms with Crippen LogP contribution in [0.3, 0.4) is 0 Å². The Labute approximate surface area is 232 Å². The zero-order valence-electron chi connectivity index (χ0n) is 22.1. The van der Waals surface area contributed by atoms with Gasteiger partial charge in [0.1, 0.15) is 5.69 Å². The fraction of sp³-hybridized carbons (Fsp3) is 0.267. The van der Waals surface area contributed by atoms with Gasteiger partial charge < -0.3 is 24.8 Å². The number of aromatic amines is 1. The van der Waals surface area contributed by atoms with E-state index in [0.717, 1.165) is 31.9 Å². The van der Waals surface area contributed by atoms with Gasteiger partial charge in [0.2, 0.25) is 0 Å². The van der Waals surface area contributed by atoms with E-state index < -0.39 is 0 Å². The van der Waals surface area contributed by atoms with Crippen LogP contribution in [0.2, 0.25) is 0 Å². The van der Waals surface area contributed by atoms with Crippen molar-refractivity contribution in [2.45, 2.75) is 9.79 Å². The molecule has 1 aromatic heterocycles. The van der Waals surface area contributed by atoms with Gasteiger partial charge in [-0.3, -0.25) is 9.89 Å². The van der Waals surface area contributed by atoms with Crippen LogP contribution in [0.1, 0.15) is 21.6 Å². The lowest BCUT2D eigenvalue weighted by Gasteiger charge is -2.08. The van der Waals surface area contributed by atoms with E-state index >= 15 is 0 Å². The normalized spacial score (nSPS) is 10.7. The van der Waals surface area contributed by atoms with Crippen LogP contribution in [-0.2, 0) is 14.2 Å². The molecule has 0 fully saturated rings. The van der Waals surface area contributed by atoms with Crippen molar-refractivity contribution in [3.05, 3.63) is 83.6 Å². The molecule has 0 saturated carbocycles. The number of hydrogen-bond donors (Lipinski definition) is 3. The summed E-state index contributed by atoms with van der Waals surface area (Å²) in [6.45, 7) is 3.55. The minimum absolute atomic E-state index is 0.106. The molecule has 4 rings (SSSR count). The summed E-state index contributed by atoms with van der Waals surface area (Å²) in [5.74, 6) is 6.30. The molecule has 0 spiro atoms. The van der Waals surface area contributed by atoms with E-state index in [1.165, 1.54) is 11.8 Å². The molecule has 1 heterocycles. The smallest absolute Gasteiger partial charge is 0.252 e. The number of nitrogens with zero attached hydrogens (tertiary/aromatic N) is 1. The lowest BCUT2D eigenvalue weighted by Crippen LogP contribution is -2.18. The van der Waals surface area contributed by atoms with E-state index in [4.69, 9.17) is 14.2 Å². The first-order valence-electron chi connectivity index (χ1n) is 12.7. The summed E-state index contributed by atoms with van der Waals surface area (Å²) in [4.78, 5) is 14.1. The third kappa shape index (κ3) is 8.34. The molecule has 3 aromatic carbocycles. The van der Waals surface area contributed by atoms with E-state index in [1.54, 1.807) is 14.2 Å². The number of carbonyl (C=O) groups is 1. The highest BCUT2D eigenvalue weighted by atomic mass is 32.2. The second-order valence-electron chi connectivity index (χ2n) is 8.43. The Bertz CT molecular complexity index is 1440. The van der Waals surface area contributed by atoms with Crippen LogP contribution in [0.15, 0.2) is 76.5 Å². The molecule has 39 heavy (non-hydrogen) atoms. The van der Waals surface area contributed by atoms with Gasteiger partial charge in [0.25, 0.3) is 5.91 Å². The molecule has 0 atom stereocenters. The molecule has 0 radical (unpaired) electrons. The summed E-state index contributed by atoms with van der Waals surface area (Å²) >= 11 is 1.54. The number of rotatable bonds is 13. The van der Waals surface area contributed by atoms with Gasteiger partial charge in [-0.2, -0.15) is 5.10 Å². The van der Waals surface area contributed by atoms with E-state index in [0.29, 0.717) is 50.8 Å². The predicted octanol–water partition coefficient (Wildman–Crippen LogP) is 4.57. The summed E-state index contributed by atoms with van der Waals surface area (Å²) in [6.07, 6.45) is 0. The molecular weight excluding hydrogens is 512 g/mol. The Morgan fingerprint density at radius 3 is 2.62 bits per heavy atom. The maximum Gasteiger partial charge on any atom is 0.252 e. The van der Waals surface area contributed by atoms with Crippen molar-refractivity contribution in [1.29, 1.82) is 0 Å². The number of amides is 1. The van der Waals surface area contributed by atoms with Crippen molar-refractivity contribution in [3.63, 3.8) is 0 Å². The van der Waals surface area contributed by atoms with Crippen LogP contribution < -0.4 is 10.6 Å². The number of benzene rings is 3. The molecule has 202 valence electrons. The quantitative estimate of drug-likeness (QED) is 0.168. The van der Waals surface area contributed by atoms with Crippen molar-refractivity contribution in [2.75, 3.05) is 59.1 Å². The second-order valence-corrected chi connectivity index (χ2v) is 9.55. The molecule has 4 aromatic rings. The minimum atomic E-state index is -0.106. The summed E-state index contributed by atoms with van der Waals surface area (Å²) in [5.41, 5.74) is 4.09. The third-order valence-corrected chi connectivity index (χ3v) is 6.75. The fourth-order valence-electron chi connectivity index (χ4n) is 3.73. The van der Waals surface area contributed by atoms with Crippen molar-refractivity contribution >= 4 is 34.3 Å². The van der Waals surface area contributed by atoms with Crippen LogP contribution in [0.4, 0.5) is 5.69 Å². The van der Waals surface area contributed by atoms with Gasteiger partial charge in [-0.05, 0) is 54.5 Å². The van der Waals surface area contributed by atoms with Crippen molar-refractivity contribution in [2.24, 2.45) is 0 Å². The third-order valence-electron chi connectivity index (χ3n) is 5.69. The average molecular weight is 545 g/mol. The molecular formula is C30H32N4O4S. The highest BCUT2D eigenvalue weighted by molar-refractivity contribution is 7.99. The molecule has 8 nitrogen and oxygen atoms in total. The maximum atomic E-state index is 12.2. The molecule has 3 N–H and O–H groups in total. The van der Waals surface area contributed by atoms with Crippen LogP contribution >= 0.6 is 11.8 Å². The Morgan fingerprint density at radius 1 is 0.949 bits per heavy atom. The number of ether oxygens (including phenoxy) is 3. The standard InChI is InChI=1S/C30H32N4O4S/c1-31-30(35)26-8-3-4-9-29(26)39-24-11-12-25-27(33-34-28(25)21-24)13-10-22-6-5-7-23(20-22)32-14-15-37-18-19-38-17-16-36-2/h3-9,11-12,20-21,32H,14-19H2,1-2H3,(H,31,35)(H,33,34). The molecule has 0 aliphatic carbocycles. The summed E-state index contributed by atoms with van der Waals surface area (Å²) in [5, 5.41) is 14.5. The van der Waals surface area contributed by atoms with Gasteiger partial charge in [0.05, 0.1) is 44.1 Å².